The number of allylic oxidation sites excluding steroid dienone is 1. The molecule has 0 radical (unpaired) electrons. The van der Waals surface area contributed by atoms with Gasteiger partial charge in [0.25, 0.3) is 0 Å². The summed E-state index contributed by atoms with van der Waals surface area (Å²) >= 11 is 0. The zero-order valence-electron chi connectivity index (χ0n) is 19.1. The molecule has 2 saturated carbocycles. The molecule has 1 saturated heterocycles. The van der Waals surface area contributed by atoms with Crippen molar-refractivity contribution in [1.82, 2.24) is 0 Å². The number of aliphatic hydroxyl groups is 1. The van der Waals surface area contributed by atoms with Gasteiger partial charge in [-0.2, -0.15) is 0 Å². The van der Waals surface area contributed by atoms with Crippen molar-refractivity contribution in [3.63, 3.8) is 0 Å². The van der Waals surface area contributed by atoms with Crippen LogP contribution in [0.4, 0.5) is 0 Å². The average Bonchev–Trinajstić information content (AvgIpc) is 2.63. The van der Waals surface area contributed by atoms with Crippen LogP contribution in [0.15, 0.2) is 11.1 Å². The van der Waals surface area contributed by atoms with Gasteiger partial charge in [0, 0.05) is 36.0 Å². The minimum Gasteiger partial charge on any atom is -0.454 e. The van der Waals surface area contributed by atoms with Crippen LogP contribution in [0.3, 0.4) is 0 Å². The van der Waals surface area contributed by atoms with Crippen LogP contribution in [0.2, 0.25) is 0 Å². The van der Waals surface area contributed by atoms with Crippen LogP contribution in [0.25, 0.3) is 0 Å². The monoisotopic (exact) mass is 418 g/mol. The van der Waals surface area contributed by atoms with Crippen molar-refractivity contribution in [1.29, 1.82) is 0 Å². The molecule has 4 rings (SSSR count). The van der Waals surface area contributed by atoms with Crippen LogP contribution >= 0.6 is 0 Å². The summed E-state index contributed by atoms with van der Waals surface area (Å²) in [4.78, 5) is 39.1. The number of rotatable bonds is 1. The van der Waals surface area contributed by atoms with Crippen molar-refractivity contribution < 1.29 is 29.0 Å². The molecule has 2 bridgehead atoms. The van der Waals surface area contributed by atoms with Crippen molar-refractivity contribution in [3.05, 3.63) is 11.1 Å². The number of esters is 1. The molecule has 0 amide bonds. The van der Waals surface area contributed by atoms with Gasteiger partial charge in [-0.05, 0) is 36.8 Å². The molecule has 30 heavy (non-hydrogen) atoms. The minimum absolute atomic E-state index is 0.00594. The molecule has 7 atom stereocenters. The Morgan fingerprint density at radius 3 is 2.37 bits per heavy atom. The van der Waals surface area contributed by atoms with Gasteiger partial charge in [-0.25, -0.2) is 0 Å². The van der Waals surface area contributed by atoms with Gasteiger partial charge in [0.1, 0.15) is 11.9 Å². The Kier molecular flexibility index (Phi) is 4.52. The summed E-state index contributed by atoms with van der Waals surface area (Å²) in [6.07, 6.45) is 0.561. The molecule has 3 aliphatic carbocycles. The lowest BCUT2D eigenvalue weighted by molar-refractivity contribution is -0.320. The van der Waals surface area contributed by atoms with Crippen molar-refractivity contribution in [2.75, 3.05) is 6.61 Å². The fraction of sp³-hybridized carbons (Fsp3) is 0.792. The summed E-state index contributed by atoms with van der Waals surface area (Å²) < 4.78 is 11.7. The van der Waals surface area contributed by atoms with Crippen LogP contribution in [0, 0.1) is 28.6 Å². The van der Waals surface area contributed by atoms with E-state index in [1.54, 1.807) is 6.92 Å². The van der Waals surface area contributed by atoms with Gasteiger partial charge < -0.3 is 14.6 Å². The maximum atomic E-state index is 14.1. The maximum Gasteiger partial charge on any atom is 0.303 e. The molecule has 4 aliphatic rings. The van der Waals surface area contributed by atoms with E-state index in [2.05, 4.69) is 6.92 Å². The summed E-state index contributed by atoms with van der Waals surface area (Å²) in [6, 6.07) is 0. The first kappa shape index (κ1) is 21.7. The third-order valence-corrected chi connectivity index (χ3v) is 9.30. The van der Waals surface area contributed by atoms with Gasteiger partial charge >= 0.3 is 5.97 Å². The normalized spacial score (nSPS) is 47.5. The number of fused-ring (bicyclic) bond motifs is 5. The average molecular weight is 419 g/mol. The van der Waals surface area contributed by atoms with Crippen LogP contribution in [-0.4, -0.2) is 46.6 Å². The van der Waals surface area contributed by atoms with Crippen molar-refractivity contribution in [2.24, 2.45) is 28.6 Å². The molecule has 6 heteroatoms. The van der Waals surface area contributed by atoms with Gasteiger partial charge in [0.15, 0.2) is 11.4 Å². The molecule has 6 nitrogen and oxygen atoms in total. The fourth-order valence-corrected chi connectivity index (χ4v) is 7.23. The van der Waals surface area contributed by atoms with E-state index in [1.807, 2.05) is 27.7 Å². The molecule has 0 aromatic carbocycles. The summed E-state index contributed by atoms with van der Waals surface area (Å²) in [5, 5.41) is 12.0. The third-order valence-electron chi connectivity index (χ3n) is 9.30. The number of hydrogen-bond acceptors (Lipinski definition) is 6. The highest BCUT2D eigenvalue weighted by Gasteiger charge is 2.72. The fourth-order valence-electron chi connectivity index (χ4n) is 7.23. The second-order valence-corrected chi connectivity index (χ2v) is 10.9. The zero-order chi connectivity index (χ0) is 22.4. The summed E-state index contributed by atoms with van der Waals surface area (Å²) in [5.74, 6) is -1.39. The molecule has 1 N–H and O–H groups in total. The van der Waals surface area contributed by atoms with Gasteiger partial charge in [-0.15, -0.1) is 0 Å². The van der Waals surface area contributed by atoms with Gasteiger partial charge in [-0.1, -0.05) is 34.6 Å². The van der Waals surface area contributed by atoms with E-state index in [1.165, 1.54) is 6.92 Å². The molecule has 1 aliphatic heterocycles. The smallest absolute Gasteiger partial charge is 0.303 e. The lowest BCUT2D eigenvalue weighted by Crippen LogP contribution is -2.75. The van der Waals surface area contributed by atoms with E-state index in [0.29, 0.717) is 12.0 Å². The predicted octanol–water partition coefficient (Wildman–Crippen LogP) is 3.00. The number of ether oxygens (including phenoxy) is 2. The second-order valence-electron chi connectivity index (χ2n) is 10.9. The Morgan fingerprint density at radius 2 is 1.83 bits per heavy atom. The van der Waals surface area contributed by atoms with Crippen LogP contribution in [-0.2, 0) is 23.9 Å². The Bertz CT molecular complexity index is 871. The SMILES string of the molecule is CC(=O)O[C@@]12COC1C[C@H](C)[C@@]1(C)C(=O)[C@H](C)C3=C(C)C(=O)C[C@@](O)(CC21)C3(C)C. The lowest BCUT2D eigenvalue weighted by Gasteiger charge is -2.66. The van der Waals surface area contributed by atoms with E-state index in [4.69, 9.17) is 9.47 Å². The predicted molar refractivity (Wildman–Crippen MR) is 109 cm³/mol. The Labute approximate surface area is 178 Å². The second kappa shape index (κ2) is 6.26. The van der Waals surface area contributed by atoms with Crippen LogP contribution < -0.4 is 0 Å². The van der Waals surface area contributed by atoms with Crippen molar-refractivity contribution in [2.45, 2.75) is 85.0 Å². The third kappa shape index (κ3) is 2.41. The van der Waals surface area contributed by atoms with Crippen molar-refractivity contribution in [3.8, 4) is 0 Å². The number of carbonyl (C=O) groups is 3. The standard InChI is InChI=1S/C24H34O6/c1-12-8-18-24(11-29-18,30-15(4)25)17-10-23(28)9-16(26)13(2)19(21(23,5)6)14(3)20(27)22(12,17)7/h12,14,17-18,28H,8-11H2,1-7H3/t12-,14+,17?,18?,22+,23+,24+/m0/s1. The van der Waals surface area contributed by atoms with Crippen LogP contribution in [0.1, 0.15) is 67.7 Å². The van der Waals surface area contributed by atoms with Gasteiger partial charge in [0.05, 0.1) is 12.2 Å². The first-order valence-electron chi connectivity index (χ1n) is 11.0. The molecule has 0 aromatic rings. The summed E-state index contributed by atoms with van der Waals surface area (Å²) in [7, 11) is 0. The highest BCUT2D eigenvalue weighted by molar-refractivity contribution is 6.00. The highest BCUT2D eigenvalue weighted by Crippen LogP contribution is 2.64. The van der Waals surface area contributed by atoms with E-state index in [-0.39, 0.29) is 43.0 Å². The highest BCUT2D eigenvalue weighted by atomic mass is 16.6. The quantitative estimate of drug-likeness (QED) is 0.659. The number of carbonyl (C=O) groups excluding carboxylic acids is 3. The molecule has 166 valence electrons. The molecule has 0 aromatic heterocycles. The minimum atomic E-state index is -1.33. The van der Waals surface area contributed by atoms with E-state index < -0.39 is 39.8 Å². The summed E-state index contributed by atoms with van der Waals surface area (Å²) in [6.45, 7) is 13.1. The molecule has 0 spiro atoms. The van der Waals surface area contributed by atoms with E-state index in [0.717, 1.165) is 5.57 Å². The first-order valence-corrected chi connectivity index (χ1v) is 11.0. The number of hydrogen-bond donors (Lipinski definition) is 1. The van der Waals surface area contributed by atoms with Gasteiger partial charge in [-0.3, -0.25) is 14.4 Å². The Balaban J connectivity index is 1.97. The maximum absolute atomic E-state index is 14.1. The van der Waals surface area contributed by atoms with Crippen LogP contribution in [0.5, 0.6) is 0 Å². The first-order chi connectivity index (χ1) is 13.7. The largest absolute Gasteiger partial charge is 0.454 e. The summed E-state index contributed by atoms with van der Waals surface area (Å²) in [5.41, 5.74) is -2.46. The topological polar surface area (TPSA) is 89.9 Å². The Morgan fingerprint density at radius 1 is 1.20 bits per heavy atom. The molecule has 1 heterocycles. The Hall–Kier alpha value is -1.53. The van der Waals surface area contributed by atoms with E-state index in [9.17, 15) is 19.5 Å². The molecule has 3 fully saturated rings. The molecular weight excluding hydrogens is 384 g/mol. The number of Topliss-reactive ketones (excluding diaryl/α,β-unsaturated/α-hetero) is 2. The lowest BCUT2D eigenvalue weighted by atomic mass is 9.43. The molecular formula is C24H34O6. The van der Waals surface area contributed by atoms with Crippen molar-refractivity contribution >= 4 is 17.5 Å². The van der Waals surface area contributed by atoms with E-state index >= 15 is 0 Å². The zero-order valence-corrected chi connectivity index (χ0v) is 19.1. The number of ketones is 2. The molecule has 2 unspecified atom stereocenters. The van der Waals surface area contributed by atoms with Gasteiger partial charge in [0.2, 0.25) is 0 Å².